The Bertz CT molecular complexity index is 326. The van der Waals surface area contributed by atoms with E-state index < -0.39 is 0 Å². The molecule has 96 valence electrons. The zero-order valence-electron chi connectivity index (χ0n) is 11.7. The average molecular weight is 234 g/mol. The normalized spacial score (nSPS) is 12.7. The van der Waals surface area contributed by atoms with Crippen LogP contribution in [0.15, 0.2) is 12.1 Å². The van der Waals surface area contributed by atoms with Gasteiger partial charge in [-0.1, -0.05) is 32.8 Å². The molecule has 0 aliphatic heterocycles. The summed E-state index contributed by atoms with van der Waals surface area (Å²) in [5.41, 5.74) is 3.66. The number of unbranched alkanes of at least 4 members (excludes halogenated alkanes) is 1. The Hall–Kier alpha value is -0.890. The van der Waals surface area contributed by atoms with Crippen LogP contribution in [0.4, 0.5) is 0 Å². The van der Waals surface area contributed by atoms with Crippen molar-refractivity contribution in [2.45, 2.75) is 59.4 Å². The van der Waals surface area contributed by atoms with Gasteiger partial charge in [-0.15, -0.1) is 0 Å². The molecule has 1 atom stereocenters. The summed E-state index contributed by atoms with van der Waals surface area (Å²) in [6.45, 7) is 9.72. The third-order valence-electron chi connectivity index (χ3n) is 3.13. The van der Waals surface area contributed by atoms with Crippen molar-refractivity contribution in [3.63, 3.8) is 0 Å². The van der Waals surface area contributed by atoms with Crippen molar-refractivity contribution in [3.8, 4) is 0 Å². The molecule has 0 aliphatic rings. The maximum absolute atomic E-state index is 4.57. The minimum atomic E-state index is 0.475. The Morgan fingerprint density at radius 2 is 1.94 bits per heavy atom. The summed E-state index contributed by atoms with van der Waals surface area (Å²) in [7, 11) is 0. The lowest BCUT2D eigenvalue weighted by atomic mass is 9.99. The maximum Gasteiger partial charge on any atom is 0.0423 e. The van der Waals surface area contributed by atoms with Crippen LogP contribution >= 0.6 is 0 Å². The van der Waals surface area contributed by atoms with Crippen LogP contribution in [0.2, 0.25) is 0 Å². The molecule has 1 aromatic heterocycles. The smallest absolute Gasteiger partial charge is 0.0423 e. The van der Waals surface area contributed by atoms with Crippen LogP contribution in [0.3, 0.4) is 0 Å². The van der Waals surface area contributed by atoms with Gasteiger partial charge in [-0.2, -0.15) is 0 Å². The lowest BCUT2D eigenvalue weighted by molar-refractivity contribution is 0.478. The third-order valence-corrected chi connectivity index (χ3v) is 3.13. The second-order valence-corrected chi connectivity index (χ2v) is 4.78. The highest BCUT2D eigenvalue weighted by Gasteiger charge is 2.13. The first-order valence-electron chi connectivity index (χ1n) is 6.86. The molecule has 0 spiro atoms. The topological polar surface area (TPSA) is 24.9 Å². The highest BCUT2D eigenvalue weighted by molar-refractivity contribution is 5.25. The van der Waals surface area contributed by atoms with Crippen LogP contribution in [0.5, 0.6) is 0 Å². The Labute approximate surface area is 106 Å². The Kier molecular flexibility index (Phi) is 6.20. The van der Waals surface area contributed by atoms with Crippen LogP contribution in [0.25, 0.3) is 0 Å². The molecule has 0 aromatic carbocycles. The molecule has 0 aliphatic carbocycles. The van der Waals surface area contributed by atoms with Gasteiger partial charge in [0.2, 0.25) is 0 Å². The number of nitrogens with one attached hydrogen (secondary N) is 1. The second kappa shape index (κ2) is 7.44. The fraction of sp³-hybridized carbons (Fsp3) is 0.667. The number of nitrogens with zero attached hydrogens (tertiary/aromatic N) is 1. The van der Waals surface area contributed by atoms with Crippen molar-refractivity contribution in [3.05, 3.63) is 29.1 Å². The van der Waals surface area contributed by atoms with Crippen molar-refractivity contribution in [1.29, 1.82) is 0 Å². The van der Waals surface area contributed by atoms with E-state index in [-0.39, 0.29) is 0 Å². The number of aromatic nitrogens is 1. The molecule has 1 rings (SSSR count). The molecule has 0 fully saturated rings. The summed E-state index contributed by atoms with van der Waals surface area (Å²) in [5, 5.41) is 3.64. The van der Waals surface area contributed by atoms with Crippen molar-refractivity contribution < 1.29 is 0 Å². The molecule has 0 radical (unpaired) electrons. The summed E-state index contributed by atoms with van der Waals surface area (Å²) in [6.07, 6.45) is 4.92. The van der Waals surface area contributed by atoms with Gasteiger partial charge in [0.1, 0.15) is 0 Å². The molecule has 0 amide bonds. The van der Waals surface area contributed by atoms with Gasteiger partial charge in [0.15, 0.2) is 0 Å². The summed E-state index contributed by atoms with van der Waals surface area (Å²) in [5.74, 6) is 0. The Balaban J connectivity index is 2.79. The summed E-state index contributed by atoms with van der Waals surface area (Å²) < 4.78 is 0. The predicted molar refractivity (Wildman–Crippen MR) is 74.3 cm³/mol. The van der Waals surface area contributed by atoms with Gasteiger partial charge in [-0.25, -0.2) is 0 Å². The molecule has 1 aromatic rings. The quantitative estimate of drug-likeness (QED) is 0.773. The number of aryl methyl sites for hydroxylation is 2. The fourth-order valence-electron chi connectivity index (χ4n) is 2.16. The summed E-state index contributed by atoms with van der Waals surface area (Å²) >= 11 is 0. The van der Waals surface area contributed by atoms with Crippen LogP contribution in [-0.2, 0) is 0 Å². The first-order valence-corrected chi connectivity index (χ1v) is 6.86. The van der Waals surface area contributed by atoms with Crippen molar-refractivity contribution >= 4 is 0 Å². The van der Waals surface area contributed by atoms with E-state index >= 15 is 0 Å². The first kappa shape index (κ1) is 14.2. The lowest BCUT2D eigenvalue weighted by Gasteiger charge is -2.20. The van der Waals surface area contributed by atoms with Crippen molar-refractivity contribution in [2.75, 3.05) is 6.54 Å². The monoisotopic (exact) mass is 234 g/mol. The molecule has 17 heavy (non-hydrogen) atoms. The van der Waals surface area contributed by atoms with E-state index in [0.717, 1.165) is 12.2 Å². The van der Waals surface area contributed by atoms with E-state index in [1.807, 2.05) is 0 Å². The van der Waals surface area contributed by atoms with E-state index in [2.05, 4.69) is 50.1 Å². The van der Waals surface area contributed by atoms with Crippen LogP contribution < -0.4 is 5.32 Å². The van der Waals surface area contributed by atoms with Gasteiger partial charge in [0.25, 0.3) is 0 Å². The van der Waals surface area contributed by atoms with Gasteiger partial charge in [-0.3, -0.25) is 4.98 Å². The first-order chi connectivity index (χ1) is 8.19. The molecule has 2 heteroatoms. The standard InChI is InChI=1S/C15H26N2/c1-5-7-8-15(16-11-6-2)14-10-9-12(3)17-13(14)4/h9-10,15-16H,5-8,11H2,1-4H3. The lowest BCUT2D eigenvalue weighted by Crippen LogP contribution is -2.23. The minimum Gasteiger partial charge on any atom is -0.310 e. The number of pyridine rings is 1. The summed E-state index contributed by atoms with van der Waals surface area (Å²) in [4.78, 5) is 4.57. The van der Waals surface area contributed by atoms with Gasteiger partial charge < -0.3 is 5.32 Å². The molecule has 0 saturated heterocycles. The van der Waals surface area contributed by atoms with Crippen LogP contribution in [0, 0.1) is 13.8 Å². The zero-order chi connectivity index (χ0) is 12.7. The SMILES string of the molecule is CCCCC(NCCC)c1ccc(C)nc1C. The van der Waals surface area contributed by atoms with E-state index in [1.165, 1.54) is 36.9 Å². The van der Waals surface area contributed by atoms with E-state index in [1.54, 1.807) is 0 Å². The molecular weight excluding hydrogens is 208 g/mol. The Morgan fingerprint density at radius 3 is 2.53 bits per heavy atom. The summed E-state index contributed by atoms with van der Waals surface area (Å²) in [6, 6.07) is 4.83. The zero-order valence-corrected chi connectivity index (χ0v) is 11.7. The Morgan fingerprint density at radius 1 is 1.18 bits per heavy atom. The van der Waals surface area contributed by atoms with Crippen LogP contribution in [0.1, 0.15) is 62.5 Å². The second-order valence-electron chi connectivity index (χ2n) is 4.78. The average Bonchev–Trinajstić information content (AvgIpc) is 2.30. The number of hydrogen-bond acceptors (Lipinski definition) is 2. The van der Waals surface area contributed by atoms with Gasteiger partial charge in [0.05, 0.1) is 0 Å². The van der Waals surface area contributed by atoms with Crippen LogP contribution in [-0.4, -0.2) is 11.5 Å². The minimum absolute atomic E-state index is 0.475. The van der Waals surface area contributed by atoms with E-state index in [4.69, 9.17) is 0 Å². The molecule has 0 bridgehead atoms. The van der Waals surface area contributed by atoms with Gasteiger partial charge in [-0.05, 0) is 44.9 Å². The van der Waals surface area contributed by atoms with Gasteiger partial charge >= 0.3 is 0 Å². The van der Waals surface area contributed by atoms with Crippen molar-refractivity contribution in [2.24, 2.45) is 0 Å². The maximum atomic E-state index is 4.57. The molecule has 1 unspecified atom stereocenters. The molecule has 1 N–H and O–H groups in total. The largest absolute Gasteiger partial charge is 0.310 e. The van der Waals surface area contributed by atoms with Gasteiger partial charge in [0, 0.05) is 17.4 Å². The fourth-order valence-corrected chi connectivity index (χ4v) is 2.16. The van der Waals surface area contributed by atoms with Crippen molar-refractivity contribution in [1.82, 2.24) is 10.3 Å². The number of hydrogen-bond donors (Lipinski definition) is 1. The van der Waals surface area contributed by atoms with E-state index in [9.17, 15) is 0 Å². The highest BCUT2D eigenvalue weighted by Crippen LogP contribution is 2.22. The predicted octanol–water partition coefficient (Wildman–Crippen LogP) is 3.93. The highest BCUT2D eigenvalue weighted by atomic mass is 14.9. The molecular formula is C15H26N2. The molecule has 2 nitrogen and oxygen atoms in total. The third kappa shape index (κ3) is 4.47. The van der Waals surface area contributed by atoms with E-state index in [0.29, 0.717) is 6.04 Å². The number of rotatable bonds is 7. The molecule has 0 saturated carbocycles. The molecule has 1 heterocycles.